The van der Waals surface area contributed by atoms with E-state index >= 15 is 0 Å². The van der Waals surface area contributed by atoms with Crippen LogP contribution in [-0.4, -0.2) is 23.0 Å². The van der Waals surface area contributed by atoms with Crippen LogP contribution in [-0.2, 0) is 11.4 Å². The van der Waals surface area contributed by atoms with Gasteiger partial charge >= 0.3 is 5.97 Å². The highest BCUT2D eigenvalue weighted by molar-refractivity contribution is 5.94. The van der Waals surface area contributed by atoms with Crippen LogP contribution in [0.25, 0.3) is 11.3 Å². The van der Waals surface area contributed by atoms with Crippen molar-refractivity contribution in [2.45, 2.75) is 13.6 Å². The molecule has 0 aliphatic heterocycles. The number of rotatable bonds is 3. The van der Waals surface area contributed by atoms with Gasteiger partial charge in [-0.3, -0.25) is 4.98 Å². The third-order valence-corrected chi connectivity index (χ3v) is 2.78. The van der Waals surface area contributed by atoms with Crippen LogP contribution in [0.4, 0.5) is 4.39 Å². The van der Waals surface area contributed by atoms with Gasteiger partial charge in [0.15, 0.2) is 5.69 Å². The fourth-order valence-electron chi connectivity index (χ4n) is 1.86. The predicted octanol–water partition coefficient (Wildman–Crippen LogP) is 2.71. The van der Waals surface area contributed by atoms with Gasteiger partial charge in [0.05, 0.1) is 7.11 Å². The number of benzene rings is 1. The lowest BCUT2D eigenvalue weighted by Gasteiger charge is -2.09. The van der Waals surface area contributed by atoms with Crippen LogP contribution in [0.5, 0.6) is 0 Å². The Morgan fingerprint density at radius 2 is 2.05 bits per heavy atom. The number of hydrogen-bond donors (Lipinski definition) is 0. The van der Waals surface area contributed by atoms with Crippen molar-refractivity contribution < 1.29 is 13.9 Å². The SMILES string of the molecule is COC(=O)c1nccnc1-c1ccc(CF)cc1C. The molecular weight excluding hydrogens is 247 g/mol. The summed E-state index contributed by atoms with van der Waals surface area (Å²) in [6.07, 6.45) is 2.94. The lowest BCUT2D eigenvalue weighted by molar-refractivity contribution is 0.0594. The highest BCUT2D eigenvalue weighted by atomic mass is 19.1. The van der Waals surface area contributed by atoms with E-state index in [2.05, 4.69) is 14.7 Å². The second-order valence-corrected chi connectivity index (χ2v) is 4.03. The standard InChI is InChI=1S/C14H13FN2O2/c1-9-7-10(8-15)3-4-11(9)12-13(14(18)19-2)17-6-5-16-12/h3-7H,8H2,1-2H3. The molecule has 1 heterocycles. The van der Waals surface area contributed by atoms with Gasteiger partial charge in [-0.05, 0) is 18.1 Å². The Morgan fingerprint density at radius 3 is 2.68 bits per heavy atom. The van der Waals surface area contributed by atoms with Crippen LogP contribution in [0, 0.1) is 6.92 Å². The number of halogens is 1. The summed E-state index contributed by atoms with van der Waals surface area (Å²) in [5.74, 6) is -0.544. The summed E-state index contributed by atoms with van der Waals surface area (Å²) in [7, 11) is 1.29. The number of nitrogens with zero attached hydrogens (tertiary/aromatic N) is 2. The summed E-state index contributed by atoms with van der Waals surface area (Å²) in [6.45, 7) is 1.32. The molecule has 4 nitrogen and oxygen atoms in total. The normalized spacial score (nSPS) is 10.3. The number of aryl methyl sites for hydroxylation is 1. The molecule has 0 spiro atoms. The molecule has 0 fully saturated rings. The van der Waals surface area contributed by atoms with Gasteiger partial charge in [0.2, 0.25) is 0 Å². The van der Waals surface area contributed by atoms with Gasteiger partial charge in [-0.15, -0.1) is 0 Å². The van der Waals surface area contributed by atoms with Crippen molar-refractivity contribution in [3.8, 4) is 11.3 Å². The third kappa shape index (κ3) is 2.59. The molecule has 0 aliphatic carbocycles. The predicted molar refractivity (Wildman–Crippen MR) is 68.4 cm³/mol. The molecular formula is C14H13FN2O2. The molecule has 2 aromatic rings. The lowest BCUT2D eigenvalue weighted by Crippen LogP contribution is -2.08. The van der Waals surface area contributed by atoms with Crippen LogP contribution in [0.3, 0.4) is 0 Å². The molecule has 0 saturated heterocycles. The van der Waals surface area contributed by atoms with Crippen LogP contribution < -0.4 is 0 Å². The number of esters is 1. The molecule has 0 saturated carbocycles. The van der Waals surface area contributed by atoms with Crippen LogP contribution >= 0.6 is 0 Å². The smallest absolute Gasteiger partial charge is 0.358 e. The van der Waals surface area contributed by atoms with Gasteiger partial charge in [-0.2, -0.15) is 0 Å². The van der Waals surface area contributed by atoms with Crippen LogP contribution in [0.2, 0.25) is 0 Å². The second-order valence-electron chi connectivity index (χ2n) is 4.03. The molecule has 0 atom stereocenters. The molecule has 0 unspecified atom stereocenters. The van der Waals surface area contributed by atoms with E-state index in [0.717, 1.165) is 11.1 Å². The first-order valence-electron chi connectivity index (χ1n) is 5.72. The van der Waals surface area contributed by atoms with E-state index < -0.39 is 12.6 Å². The zero-order valence-corrected chi connectivity index (χ0v) is 10.7. The largest absolute Gasteiger partial charge is 0.464 e. The van der Waals surface area contributed by atoms with Crippen molar-refractivity contribution in [1.82, 2.24) is 9.97 Å². The summed E-state index contributed by atoms with van der Waals surface area (Å²) in [5.41, 5.74) is 2.76. The summed E-state index contributed by atoms with van der Waals surface area (Å²) in [5, 5.41) is 0. The van der Waals surface area contributed by atoms with E-state index in [1.807, 2.05) is 6.92 Å². The van der Waals surface area contributed by atoms with Crippen molar-refractivity contribution in [2.75, 3.05) is 7.11 Å². The van der Waals surface area contributed by atoms with Gasteiger partial charge in [0.1, 0.15) is 12.4 Å². The number of hydrogen-bond acceptors (Lipinski definition) is 4. The van der Waals surface area contributed by atoms with Crippen molar-refractivity contribution >= 4 is 5.97 Å². The Morgan fingerprint density at radius 1 is 1.32 bits per heavy atom. The molecule has 98 valence electrons. The van der Waals surface area contributed by atoms with E-state index in [9.17, 15) is 9.18 Å². The number of ether oxygens (including phenoxy) is 1. The molecule has 0 bridgehead atoms. The Bertz CT molecular complexity index is 614. The molecule has 0 amide bonds. The van der Waals surface area contributed by atoms with E-state index in [1.54, 1.807) is 18.2 Å². The minimum absolute atomic E-state index is 0.154. The summed E-state index contributed by atoms with van der Waals surface area (Å²) >= 11 is 0. The Balaban J connectivity index is 2.56. The minimum Gasteiger partial charge on any atom is -0.464 e. The minimum atomic E-state index is -0.544. The molecule has 1 aromatic heterocycles. The molecule has 0 radical (unpaired) electrons. The zero-order chi connectivity index (χ0) is 13.8. The monoisotopic (exact) mass is 260 g/mol. The van der Waals surface area contributed by atoms with Crippen molar-refractivity contribution in [1.29, 1.82) is 0 Å². The quantitative estimate of drug-likeness (QED) is 0.796. The van der Waals surface area contributed by atoms with Gasteiger partial charge in [-0.25, -0.2) is 14.2 Å². The fourth-order valence-corrected chi connectivity index (χ4v) is 1.86. The van der Waals surface area contributed by atoms with Crippen molar-refractivity contribution in [3.05, 3.63) is 47.4 Å². The first-order valence-corrected chi connectivity index (χ1v) is 5.72. The summed E-state index contributed by atoms with van der Waals surface area (Å²) in [4.78, 5) is 19.8. The first kappa shape index (κ1) is 13.1. The first-order chi connectivity index (χ1) is 9.17. The number of aromatic nitrogens is 2. The molecule has 0 N–H and O–H groups in total. The fraction of sp³-hybridized carbons (Fsp3) is 0.214. The van der Waals surface area contributed by atoms with E-state index in [-0.39, 0.29) is 5.69 Å². The molecule has 2 rings (SSSR count). The zero-order valence-electron chi connectivity index (χ0n) is 10.7. The maximum absolute atomic E-state index is 12.6. The highest BCUT2D eigenvalue weighted by Gasteiger charge is 2.17. The molecule has 1 aromatic carbocycles. The lowest BCUT2D eigenvalue weighted by atomic mass is 10.0. The van der Waals surface area contributed by atoms with Crippen LogP contribution in [0.1, 0.15) is 21.6 Å². The Kier molecular flexibility index (Phi) is 3.85. The molecule has 19 heavy (non-hydrogen) atoms. The average molecular weight is 260 g/mol. The van der Waals surface area contributed by atoms with Crippen molar-refractivity contribution in [3.63, 3.8) is 0 Å². The van der Waals surface area contributed by atoms with E-state index in [0.29, 0.717) is 11.3 Å². The second kappa shape index (κ2) is 5.56. The highest BCUT2D eigenvalue weighted by Crippen LogP contribution is 2.25. The average Bonchev–Trinajstić information content (AvgIpc) is 2.46. The molecule has 5 heteroatoms. The topological polar surface area (TPSA) is 52.1 Å². The van der Waals surface area contributed by atoms with Gasteiger partial charge in [0, 0.05) is 18.0 Å². The summed E-state index contributed by atoms with van der Waals surface area (Å²) in [6, 6.07) is 5.13. The Labute approximate surface area is 110 Å². The van der Waals surface area contributed by atoms with E-state index in [1.165, 1.54) is 19.5 Å². The van der Waals surface area contributed by atoms with Gasteiger partial charge < -0.3 is 4.74 Å². The third-order valence-electron chi connectivity index (χ3n) is 2.78. The number of carbonyl (C=O) groups is 1. The van der Waals surface area contributed by atoms with E-state index in [4.69, 9.17) is 0 Å². The summed E-state index contributed by atoms with van der Waals surface area (Å²) < 4.78 is 17.3. The van der Waals surface area contributed by atoms with Crippen LogP contribution in [0.15, 0.2) is 30.6 Å². The van der Waals surface area contributed by atoms with Gasteiger partial charge in [0.25, 0.3) is 0 Å². The Hall–Kier alpha value is -2.30. The molecule has 0 aliphatic rings. The van der Waals surface area contributed by atoms with Gasteiger partial charge in [-0.1, -0.05) is 18.2 Å². The maximum atomic E-state index is 12.6. The maximum Gasteiger partial charge on any atom is 0.358 e. The number of alkyl halides is 1. The number of methoxy groups -OCH3 is 1. The van der Waals surface area contributed by atoms with Crippen molar-refractivity contribution in [2.24, 2.45) is 0 Å². The number of carbonyl (C=O) groups excluding carboxylic acids is 1.